The van der Waals surface area contributed by atoms with Crippen molar-refractivity contribution in [2.75, 3.05) is 4.90 Å². The predicted molar refractivity (Wildman–Crippen MR) is 76.6 cm³/mol. The van der Waals surface area contributed by atoms with Gasteiger partial charge in [0, 0.05) is 12.0 Å². The zero-order valence-electron chi connectivity index (χ0n) is 13.3. The molecule has 1 aliphatic carbocycles. The summed E-state index contributed by atoms with van der Waals surface area (Å²) in [5.41, 5.74) is -2.67. The average Bonchev–Trinajstić information content (AvgIpc) is 3.30. The molecule has 1 unspecified atom stereocenters. The molecule has 1 saturated heterocycles. The first kappa shape index (κ1) is 18.7. The number of aromatic nitrogens is 1. The highest BCUT2D eigenvalue weighted by molar-refractivity contribution is 5.53. The Hall–Kier alpha value is -2.05. The summed E-state index contributed by atoms with van der Waals surface area (Å²) in [6.07, 6.45) is -10.5. The van der Waals surface area contributed by atoms with Crippen molar-refractivity contribution in [3.63, 3.8) is 0 Å². The lowest BCUT2D eigenvalue weighted by Gasteiger charge is -2.30. The van der Waals surface area contributed by atoms with E-state index in [2.05, 4.69) is 4.98 Å². The van der Waals surface area contributed by atoms with E-state index in [-0.39, 0.29) is 18.0 Å². The van der Waals surface area contributed by atoms with Crippen molar-refractivity contribution in [3.05, 3.63) is 23.5 Å². The molecule has 0 N–H and O–H groups in total. The minimum absolute atomic E-state index is 0.0424. The molecule has 142 valence electrons. The Bertz CT molecular complexity index is 718. The van der Waals surface area contributed by atoms with Crippen LogP contribution in [0.5, 0.6) is 0 Å². The molecule has 3 atom stereocenters. The summed E-state index contributed by atoms with van der Waals surface area (Å²) in [6.45, 7) is 0. The van der Waals surface area contributed by atoms with Crippen LogP contribution in [0.2, 0.25) is 0 Å². The quantitative estimate of drug-likeness (QED) is 0.557. The minimum Gasteiger partial charge on any atom is -0.337 e. The lowest BCUT2D eigenvalue weighted by atomic mass is 9.98. The molecule has 0 spiro atoms. The number of anilines is 1. The number of alkyl halides is 7. The molecule has 26 heavy (non-hydrogen) atoms. The van der Waals surface area contributed by atoms with E-state index < -0.39 is 48.3 Å². The normalized spacial score (nSPS) is 26.8. The van der Waals surface area contributed by atoms with Crippen LogP contribution in [0.15, 0.2) is 12.3 Å². The van der Waals surface area contributed by atoms with Crippen LogP contribution in [-0.4, -0.2) is 23.5 Å². The number of nitrogens with zero attached hydrogens (tertiary/aromatic N) is 3. The van der Waals surface area contributed by atoms with E-state index in [0.717, 1.165) is 11.1 Å². The molecular formula is C16H14F7N3. The Labute approximate surface area is 144 Å². The van der Waals surface area contributed by atoms with Crippen molar-refractivity contribution < 1.29 is 30.7 Å². The van der Waals surface area contributed by atoms with Gasteiger partial charge in [-0.3, -0.25) is 0 Å². The van der Waals surface area contributed by atoms with Crippen molar-refractivity contribution >= 4 is 5.69 Å². The second-order valence-electron chi connectivity index (χ2n) is 6.69. The van der Waals surface area contributed by atoms with Crippen molar-refractivity contribution in [2.24, 2.45) is 11.8 Å². The third-order valence-electron chi connectivity index (χ3n) is 4.83. The Morgan fingerprint density at radius 1 is 1.19 bits per heavy atom. The van der Waals surface area contributed by atoms with Crippen LogP contribution < -0.4 is 4.90 Å². The molecule has 0 radical (unpaired) electrons. The maximum atomic E-state index is 14.8. The van der Waals surface area contributed by atoms with Crippen LogP contribution in [0.25, 0.3) is 0 Å². The van der Waals surface area contributed by atoms with Gasteiger partial charge in [0.05, 0.1) is 23.9 Å². The highest BCUT2D eigenvalue weighted by atomic mass is 19.4. The monoisotopic (exact) mass is 381 g/mol. The fourth-order valence-corrected chi connectivity index (χ4v) is 3.59. The molecule has 3 rings (SSSR count). The first-order valence-corrected chi connectivity index (χ1v) is 7.98. The summed E-state index contributed by atoms with van der Waals surface area (Å²) in [4.78, 5) is 4.14. The Morgan fingerprint density at radius 2 is 1.85 bits per heavy atom. The van der Waals surface area contributed by atoms with Gasteiger partial charge in [0.2, 0.25) is 0 Å². The van der Waals surface area contributed by atoms with E-state index in [1.165, 1.54) is 6.07 Å². The average molecular weight is 381 g/mol. The smallest absolute Gasteiger partial charge is 0.337 e. The van der Waals surface area contributed by atoms with Crippen LogP contribution in [-0.2, 0) is 6.18 Å². The molecule has 2 heterocycles. The summed E-state index contributed by atoms with van der Waals surface area (Å²) < 4.78 is 92.7. The molecular weight excluding hydrogens is 367 g/mol. The lowest BCUT2D eigenvalue weighted by molar-refractivity contribution is -0.139. The summed E-state index contributed by atoms with van der Waals surface area (Å²) in [6, 6.07) is 0.505. The Morgan fingerprint density at radius 3 is 2.35 bits per heavy atom. The fourth-order valence-electron chi connectivity index (χ4n) is 3.59. The van der Waals surface area contributed by atoms with E-state index >= 15 is 0 Å². The van der Waals surface area contributed by atoms with Gasteiger partial charge in [0.25, 0.3) is 0 Å². The third kappa shape index (κ3) is 3.71. The van der Waals surface area contributed by atoms with Gasteiger partial charge in [-0.25, -0.2) is 9.37 Å². The maximum Gasteiger partial charge on any atom is 0.419 e. The van der Waals surface area contributed by atoms with E-state index in [9.17, 15) is 30.7 Å². The van der Waals surface area contributed by atoms with Gasteiger partial charge < -0.3 is 4.90 Å². The van der Waals surface area contributed by atoms with Crippen LogP contribution in [0.3, 0.4) is 0 Å². The predicted octanol–water partition coefficient (Wildman–Crippen LogP) is 4.82. The second-order valence-corrected chi connectivity index (χ2v) is 6.69. The first-order valence-electron chi connectivity index (χ1n) is 7.98. The number of rotatable bonds is 3. The van der Waals surface area contributed by atoms with Gasteiger partial charge in [-0.2, -0.15) is 31.6 Å². The fraction of sp³-hybridized carbons (Fsp3) is 0.625. The largest absolute Gasteiger partial charge is 0.419 e. The molecule has 1 saturated carbocycles. The van der Waals surface area contributed by atoms with Crippen LogP contribution in [0.1, 0.15) is 36.9 Å². The topological polar surface area (TPSA) is 39.9 Å². The number of pyridine rings is 1. The van der Waals surface area contributed by atoms with Crippen molar-refractivity contribution in [3.8, 4) is 6.07 Å². The van der Waals surface area contributed by atoms with Crippen molar-refractivity contribution in [2.45, 2.75) is 50.4 Å². The summed E-state index contributed by atoms with van der Waals surface area (Å²) in [7, 11) is 0. The molecule has 1 aliphatic heterocycles. The summed E-state index contributed by atoms with van der Waals surface area (Å²) >= 11 is 0. The second kappa shape index (κ2) is 6.28. The summed E-state index contributed by atoms with van der Waals surface area (Å²) in [5, 5.41) is 8.77. The van der Waals surface area contributed by atoms with E-state index in [4.69, 9.17) is 5.26 Å². The molecule has 0 aromatic carbocycles. The van der Waals surface area contributed by atoms with Crippen LogP contribution in [0, 0.1) is 23.2 Å². The molecule has 0 bridgehead atoms. The zero-order chi connectivity index (χ0) is 19.3. The minimum atomic E-state index is -4.92. The molecule has 2 aliphatic rings. The number of halogens is 7. The third-order valence-corrected chi connectivity index (χ3v) is 4.83. The van der Waals surface area contributed by atoms with Gasteiger partial charge in [-0.15, -0.1) is 0 Å². The SMILES string of the molecule is N#Cc1ncc(N2C(F)[C@H](C3CC3)C[C@@H]2CC(F)(F)F)cc1C(F)(F)F. The van der Waals surface area contributed by atoms with E-state index in [1.54, 1.807) is 0 Å². The standard InChI is InChI=1S/C16H14F7N3/c17-14-11(8-1-2-8)3-9(5-15(18,19)20)26(14)10-4-12(16(21,22)23)13(6-24)25-7-10/h4,7-9,11,14H,1-3,5H2/t9-,11+,14?/m1/s1. The molecule has 10 heteroatoms. The summed E-state index contributed by atoms with van der Waals surface area (Å²) in [5.74, 6) is -0.688. The van der Waals surface area contributed by atoms with Crippen molar-refractivity contribution in [1.82, 2.24) is 4.98 Å². The highest BCUT2D eigenvalue weighted by Crippen LogP contribution is 2.50. The van der Waals surface area contributed by atoms with Crippen molar-refractivity contribution in [1.29, 1.82) is 5.26 Å². The Kier molecular flexibility index (Phi) is 4.53. The molecule has 3 nitrogen and oxygen atoms in total. The number of nitriles is 1. The molecule has 0 amide bonds. The van der Waals surface area contributed by atoms with Gasteiger partial charge >= 0.3 is 12.4 Å². The molecule has 2 fully saturated rings. The maximum absolute atomic E-state index is 14.8. The zero-order valence-corrected chi connectivity index (χ0v) is 13.3. The van der Waals surface area contributed by atoms with Gasteiger partial charge in [-0.1, -0.05) is 0 Å². The number of hydrogen-bond acceptors (Lipinski definition) is 3. The lowest BCUT2D eigenvalue weighted by Crippen LogP contribution is -2.38. The van der Waals surface area contributed by atoms with Gasteiger partial charge in [0.1, 0.15) is 6.07 Å². The van der Waals surface area contributed by atoms with Gasteiger partial charge in [0.15, 0.2) is 12.0 Å². The molecule has 1 aromatic heterocycles. The van der Waals surface area contributed by atoms with Gasteiger partial charge in [-0.05, 0) is 31.2 Å². The molecule has 1 aromatic rings. The first-order chi connectivity index (χ1) is 12.0. The van der Waals surface area contributed by atoms with Crippen LogP contribution in [0.4, 0.5) is 36.4 Å². The highest BCUT2D eigenvalue weighted by Gasteiger charge is 2.51. The Balaban J connectivity index is 1.99. The van der Waals surface area contributed by atoms with E-state index in [0.29, 0.717) is 18.9 Å². The van der Waals surface area contributed by atoms with Crippen LogP contribution >= 0.6 is 0 Å². The number of hydrogen-bond donors (Lipinski definition) is 0. The van der Waals surface area contributed by atoms with E-state index in [1.807, 2.05) is 0 Å².